The number of hydrogen-bond donors (Lipinski definition) is 0. The molecule has 1 aromatic rings. The number of esters is 1. The molecule has 1 aliphatic carbocycles. The predicted molar refractivity (Wildman–Crippen MR) is 67.8 cm³/mol. The maximum Gasteiger partial charge on any atom is 0.338 e. The van der Waals surface area contributed by atoms with E-state index in [1.165, 1.54) is 5.57 Å². The zero-order chi connectivity index (χ0) is 12.1. The van der Waals surface area contributed by atoms with E-state index in [9.17, 15) is 4.79 Å². The first kappa shape index (κ1) is 11.6. The molecule has 0 fully saturated rings. The maximum absolute atomic E-state index is 11.8. The molecule has 0 spiro atoms. The van der Waals surface area contributed by atoms with Gasteiger partial charge in [0.15, 0.2) is 0 Å². The van der Waals surface area contributed by atoms with Crippen molar-refractivity contribution in [2.24, 2.45) is 0 Å². The fourth-order valence-corrected chi connectivity index (χ4v) is 1.96. The first-order valence-electron chi connectivity index (χ1n) is 5.89. The molecule has 0 amide bonds. The van der Waals surface area contributed by atoms with Crippen molar-refractivity contribution in [2.75, 3.05) is 0 Å². The standard InChI is InChI=1S/C15H16O2/c1-2-12-7-6-10-14(11-12)17-15(16)13-8-4-3-5-9-13/h2-5,8-9,11,14H,1,6-7,10H2/t14-/m0/s1. The molecule has 1 aromatic carbocycles. The highest BCUT2D eigenvalue weighted by molar-refractivity contribution is 5.89. The highest BCUT2D eigenvalue weighted by Gasteiger charge is 2.17. The summed E-state index contributed by atoms with van der Waals surface area (Å²) in [5.74, 6) is -0.253. The van der Waals surface area contributed by atoms with Crippen molar-refractivity contribution >= 4 is 5.97 Å². The second-order valence-corrected chi connectivity index (χ2v) is 4.15. The number of benzene rings is 1. The molecule has 0 saturated heterocycles. The average molecular weight is 228 g/mol. The van der Waals surface area contributed by atoms with Gasteiger partial charge in [0.25, 0.3) is 0 Å². The van der Waals surface area contributed by atoms with Crippen LogP contribution in [-0.4, -0.2) is 12.1 Å². The monoisotopic (exact) mass is 228 g/mol. The Balaban J connectivity index is 2.02. The lowest BCUT2D eigenvalue weighted by atomic mass is 9.97. The summed E-state index contributed by atoms with van der Waals surface area (Å²) in [6.45, 7) is 3.75. The smallest absolute Gasteiger partial charge is 0.338 e. The van der Waals surface area contributed by atoms with Crippen molar-refractivity contribution in [3.63, 3.8) is 0 Å². The minimum absolute atomic E-state index is 0.107. The summed E-state index contributed by atoms with van der Waals surface area (Å²) in [5, 5.41) is 0. The van der Waals surface area contributed by atoms with Crippen molar-refractivity contribution in [1.82, 2.24) is 0 Å². The van der Waals surface area contributed by atoms with E-state index in [4.69, 9.17) is 4.74 Å². The van der Waals surface area contributed by atoms with Crippen LogP contribution in [0.4, 0.5) is 0 Å². The summed E-state index contributed by atoms with van der Waals surface area (Å²) >= 11 is 0. The molecule has 1 aliphatic rings. The second kappa shape index (κ2) is 5.48. The predicted octanol–water partition coefficient (Wildman–Crippen LogP) is 3.51. The minimum atomic E-state index is -0.253. The first-order valence-corrected chi connectivity index (χ1v) is 5.89. The molecule has 0 saturated carbocycles. The number of ether oxygens (including phenoxy) is 1. The van der Waals surface area contributed by atoms with Crippen LogP contribution >= 0.6 is 0 Å². The SMILES string of the molecule is C=CC1=C[C@@H](OC(=O)c2ccccc2)CCC1. The molecule has 0 aromatic heterocycles. The minimum Gasteiger partial charge on any atom is -0.455 e. The molecule has 1 atom stereocenters. The molecular weight excluding hydrogens is 212 g/mol. The van der Waals surface area contributed by atoms with Gasteiger partial charge in [-0.2, -0.15) is 0 Å². The van der Waals surface area contributed by atoms with Crippen LogP contribution in [-0.2, 0) is 4.74 Å². The van der Waals surface area contributed by atoms with E-state index < -0.39 is 0 Å². The van der Waals surface area contributed by atoms with Crippen LogP contribution < -0.4 is 0 Å². The number of hydrogen-bond acceptors (Lipinski definition) is 2. The lowest BCUT2D eigenvalue weighted by molar-refractivity contribution is 0.0368. The molecular formula is C15H16O2. The molecule has 17 heavy (non-hydrogen) atoms. The second-order valence-electron chi connectivity index (χ2n) is 4.15. The van der Waals surface area contributed by atoms with Gasteiger partial charge in [-0.3, -0.25) is 0 Å². The van der Waals surface area contributed by atoms with E-state index in [0.29, 0.717) is 5.56 Å². The Bertz CT molecular complexity index is 431. The van der Waals surface area contributed by atoms with Gasteiger partial charge in [0, 0.05) is 0 Å². The summed E-state index contributed by atoms with van der Waals surface area (Å²) in [6, 6.07) is 9.09. The van der Waals surface area contributed by atoms with E-state index in [2.05, 4.69) is 6.58 Å². The lowest BCUT2D eigenvalue weighted by Gasteiger charge is -2.20. The van der Waals surface area contributed by atoms with Crippen molar-refractivity contribution in [2.45, 2.75) is 25.4 Å². The Labute approximate surface area is 102 Å². The Morgan fingerprint density at radius 2 is 2.12 bits per heavy atom. The van der Waals surface area contributed by atoms with Crippen molar-refractivity contribution in [3.8, 4) is 0 Å². The van der Waals surface area contributed by atoms with E-state index in [1.807, 2.05) is 30.4 Å². The van der Waals surface area contributed by atoms with Gasteiger partial charge in [-0.15, -0.1) is 0 Å². The number of carbonyl (C=O) groups excluding carboxylic acids is 1. The van der Waals surface area contributed by atoms with Crippen molar-refractivity contribution in [1.29, 1.82) is 0 Å². The maximum atomic E-state index is 11.8. The Morgan fingerprint density at radius 3 is 2.82 bits per heavy atom. The number of rotatable bonds is 3. The Kier molecular flexibility index (Phi) is 3.76. The quantitative estimate of drug-likeness (QED) is 0.740. The zero-order valence-corrected chi connectivity index (χ0v) is 9.76. The van der Waals surface area contributed by atoms with Crippen LogP contribution in [0.5, 0.6) is 0 Å². The van der Waals surface area contributed by atoms with E-state index in [0.717, 1.165) is 19.3 Å². The summed E-state index contributed by atoms with van der Waals surface area (Å²) in [5.41, 5.74) is 1.77. The summed E-state index contributed by atoms with van der Waals surface area (Å²) in [6.07, 6.45) is 6.70. The van der Waals surface area contributed by atoms with Gasteiger partial charge in [0.05, 0.1) is 5.56 Å². The van der Waals surface area contributed by atoms with Gasteiger partial charge in [-0.25, -0.2) is 4.79 Å². The summed E-state index contributed by atoms with van der Waals surface area (Å²) in [7, 11) is 0. The van der Waals surface area contributed by atoms with E-state index in [-0.39, 0.29) is 12.1 Å². The van der Waals surface area contributed by atoms with Crippen LogP contribution in [0.25, 0.3) is 0 Å². The highest BCUT2D eigenvalue weighted by atomic mass is 16.5. The largest absolute Gasteiger partial charge is 0.455 e. The van der Waals surface area contributed by atoms with Crippen LogP contribution in [0.1, 0.15) is 29.6 Å². The van der Waals surface area contributed by atoms with Gasteiger partial charge >= 0.3 is 5.97 Å². The van der Waals surface area contributed by atoms with E-state index in [1.54, 1.807) is 12.1 Å². The van der Waals surface area contributed by atoms with Crippen LogP contribution in [0.15, 0.2) is 54.6 Å². The Hall–Kier alpha value is -1.83. The topological polar surface area (TPSA) is 26.3 Å². The van der Waals surface area contributed by atoms with Gasteiger partial charge in [0.2, 0.25) is 0 Å². The molecule has 88 valence electrons. The fourth-order valence-electron chi connectivity index (χ4n) is 1.96. The molecule has 0 aliphatic heterocycles. The normalized spacial score (nSPS) is 19.3. The lowest BCUT2D eigenvalue weighted by Crippen LogP contribution is -2.19. The van der Waals surface area contributed by atoms with Crippen LogP contribution in [0.2, 0.25) is 0 Å². The molecule has 0 N–H and O–H groups in total. The molecule has 2 nitrogen and oxygen atoms in total. The van der Waals surface area contributed by atoms with Crippen molar-refractivity contribution in [3.05, 3.63) is 60.2 Å². The average Bonchev–Trinajstić information content (AvgIpc) is 2.40. The van der Waals surface area contributed by atoms with Gasteiger partial charge < -0.3 is 4.74 Å². The molecule has 0 bridgehead atoms. The van der Waals surface area contributed by atoms with Gasteiger partial charge in [0.1, 0.15) is 6.10 Å². The number of allylic oxidation sites excluding steroid dienone is 2. The van der Waals surface area contributed by atoms with Crippen LogP contribution in [0, 0.1) is 0 Å². The first-order chi connectivity index (χ1) is 8.29. The fraction of sp³-hybridized carbons (Fsp3) is 0.267. The third kappa shape index (κ3) is 3.06. The van der Waals surface area contributed by atoms with E-state index >= 15 is 0 Å². The third-order valence-corrected chi connectivity index (χ3v) is 2.88. The molecule has 0 unspecified atom stereocenters. The van der Waals surface area contributed by atoms with Gasteiger partial charge in [-0.1, -0.05) is 30.9 Å². The molecule has 0 radical (unpaired) electrons. The summed E-state index contributed by atoms with van der Waals surface area (Å²) < 4.78 is 5.45. The molecule has 2 heteroatoms. The van der Waals surface area contributed by atoms with Crippen molar-refractivity contribution < 1.29 is 9.53 Å². The third-order valence-electron chi connectivity index (χ3n) is 2.88. The summed E-state index contributed by atoms with van der Waals surface area (Å²) in [4.78, 5) is 11.8. The molecule has 2 rings (SSSR count). The van der Waals surface area contributed by atoms with Crippen LogP contribution in [0.3, 0.4) is 0 Å². The molecule has 0 heterocycles. The highest BCUT2D eigenvalue weighted by Crippen LogP contribution is 2.21. The number of carbonyl (C=O) groups is 1. The van der Waals surface area contributed by atoms with Gasteiger partial charge in [-0.05, 0) is 43.0 Å². The zero-order valence-electron chi connectivity index (χ0n) is 9.76. The Morgan fingerprint density at radius 1 is 1.35 bits per heavy atom.